The van der Waals surface area contributed by atoms with Crippen molar-refractivity contribution in [1.29, 1.82) is 0 Å². The molecule has 6 heteroatoms. The van der Waals surface area contributed by atoms with E-state index in [-0.39, 0.29) is 0 Å². The van der Waals surface area contributed by atoms with Crippen molar-refractivity contribution in [2.45, 2.75) is 0 Å². The van der Waals surface area contributed by atoms with E-state index in [9.17, 15) is 9.13 Å². The van der Waals surface area contributed by atoms with Crippen LogP contribution >= 0.6 is 14.3 Å². The van der Waals surface area contributed by atoms with E-state index in [1.54, 1.807) is 6.07 Å². The van der Waals surface area contributed by atoms with Crippen molar-refractivity contribution >= 4 is 46.4 Å². The van der Waals surface area contributed by atoms with Crippen molar-refractivity contribution in [1.82, 2.24) is 9.97 Å². The van der Waals surface area contributed by atoms with E-state index in [1.165, 1.54) is 6.33 Å². The maximum Gasteiger partial charge on any atom is 0.188 e. The Morgan fingerprint density at radius 3 is 0.941 bits per heavy atom. The van der Waals surface area contributed by atoms with E-state index in [0.717, 1.165) is 0 Å². The molecular weight excluding hydrogens is 458 g/mol. The van der Waals surface area contributed by atoms with Gasteiger partial charge in [-0.3, -0.25) is 0 Å². The number of aromatic nitrogens is 2. The maximum absolute atomic E-state index is 14.8. The summed E-state index contributed by atoms with van der Waals surface area (Å²) in [4.78, 5) is 8.94. The van der Waals surface area contributed by atoms with Gasteiger partial charge in [-0.15, -0.1) is 0 Å². The first-order chi connectivity index (χ1) is 16.6. The molecule has 5 aromatic rings. The van der Waals surface area contributed by atoms with Crippen LogP contribution in [-0.4, -0.2) is 9.97 Å². The molecule has 0 bridgehead atoms. The smallest absolute Gasteiger partial charge is 0.188 e. The van der Waals surface area contributed by atoms with E-state index in [2.05, 4.69) is 9.97 Å². The van der Waals surface area contributed by atoms with E-state index >= 15 is 0 Å². The van der Waals surface area contributed by atoms with Gasteiger partial charge in [0.2, 0.25) is 0 Å². The summed E-state index contributed by atoms with van der Waals surface area (Å²) in [6.45, 7) is 0. The minimum atomic E-state index is -3.33. The second-order valence-electron chi connectivity index (χ2n) is 7.80. The van der Waals surface area contributed by atoms with E-state index < -0.39 is 14.3 Å². The summed E-state index contributed by atoms with van der Waals surface area (Å²) in [5.41, 5.74) is 0.726. The second-order valence-corrected chi connectivity index (χ2v) is 13.2. The SMILES string of the molecule is O=P(c1ccccc1)(c1ccccc1)c1cc(P(=O)(c2ccccc2)c2ccccc2)ncn1. The predicted octanol–water partition coefficient (Wildman–Crippen LogP) is 3.76. The van der Waals surface area contributed by atoms with E-state index in [1.807, 2.05) is 121 Å². The molecule has 0 unspecified atom stereocenters. The Morgan fingerprint density at radius 1 is 0.412 bits per heavy atom. The van der Waals surface area contributed by atoms with Crippen LogP contribution in [0.1, 0.15) is 0 Å². The summed E-state index contributed by atoms with van der Waals surface area (Å²) in [6, 6.07) is 39.0. The van der Waals surface area contributed by atoms with Gasteiger partial charge in [0.1, 0.15) is 17.2 Å². The quantitative estimate of drug-likeness (QED) is 0.348. The van der Waals surface area contributed by atoms with Crippen LogP contribution in [0.2, 0.25) is 0 Å². The van der Waals surface area contributed by atoms with Crippen LogP contribution in [0.5, 0.6) is 0 Å². The van der Waals surface area contributed by atoms with Crippen LogP contribution in [0.15, 0.2) is 134 Å². The largest absolute Gasteiger partial charge is 0.307 e. The van der Waals surface area contributed by atoms with Gasteiger partial charge in [-0.25, -0.2) is 9.97 Å². The lowest BCUT2D eigenvalue weighted by Crippen LogP contribution is -2.33. The fourth-order valence-corrected chi connectivity index (χ4v) is 9.22. The lowest BCUT2D eigenvalue weighted by atomic mass is 10.4. The third kappa shape index (κ3) is 3.86. The summed E-state index contributed by atoms with van der Waals surface area (Å²) in [6.07, 6.45) is 1.38. The van der Waals surface area contributed by atoms with Gasteiger partial charge in [0.15, 0.2) is 14.3 Å². The molecule has 0 aliphatic carbocycles. The molecule has 34 heavy (non-hydrogen) atoms. The Kier molecular flexibility index (Phi) is 6.11. The standard InChI is InChI=1S/C28H22N2O2P2/c31-33(23-13-5-1-6-14-23,24-15-7-2-8-16-24)27-21-28(30-22-29-27)34(32,25-17-9-3-10-18-25)26-19-11-4-12-20-26/h1-22H. The lowest BCUT2D eigenvalue weighted by Gasteiger charge is -2.22. The molecule has 5 rings (SSSR count). The number of rotatable bonds is 6. The maximum atomic E-state index is 14.8. The Labute approximate surface area is 199 Å². The first-order valence-electron chi connectivity index (χ1n) is 10.9. The molecule has 0 amide bonds. The first kappa shape index (κ1) is 22.2. The van der Waals surface area contributed by atoms with Crippen LogP contribution in [0.25, 0.3) is 0 Å². The van der Waals surface area contributed by atoms with Crippen molar-refractivity contribution in [2.75, 3.05) is 0 Å². The Balaban J connectivity index is 1.76. The molecule has 0 saturated heterocycles. The fraction of sp³-hybridized carbons (Fsp3) is 0. The third-order valence-corrected chi connectivity index (χ3v) is 11.6. The average molecular weight is 480 g/mol. The topological polar surface area (TPSA) is 59.9 Å². The zero-order chi connectivity index (χ0) is 23.4. The summed E-state index contributed by atoms with van der Waals surface area (Å²) in [5, 5.41) is 2.67. The van der Waals surface area contributed by atoms with Crippen LogP contribution in [0.3, 0.4) is 0 Å². The Bertz CT molecular complexity index is 1290. The van der Waals surface area contributed by atoms with Gasteiger partial charge in [0, 0.05) is 21.2 Å². The van der Waals surface area contributed by atoms with Crippen molar-refractivity contribution in [3.05, 3.63) is 134 Å². The highest BCUT2D eigenvalue weighted by Gasteiger charge is 2.36. The Hall–Kier alpha value is -3.58. The number of benzene rings is 4. The molecule has 0 fully saturated rings. The van der Waals surface area contributed by atoms with E-state index in [0.29, 0.717) is 32.1 Å². The average Bonchev–Trinajstić information content (AvgIpc) is 2.94. The molecule has 4 aromatic carbocycles. The highest BCUT2D eigenvalue weighted by atomic mass is 31.2. The van der Waals surface area contributed by atoms with Crippen LogP contribution < -0.4 is 32.1 Å². The minimum absolute atomic E-state index is 0.363. The summed E-state index contributed by atoms with van der Waals surface area (Å²) in [5.74, 6) is 0. The molecule has 166 valence electrons. The van der Waals surface area contributed by atoms with Crippen molar-refractivity contribution in [3.8, 4) is 0 Å². The van der Waals surface area contributed by atoms with Crippen LogP contribution in [0.4, 0.5) is 0 Å². The van der Waals surface area contributed by atoms with E-state index in [4.69, 9.17) is 0 Å². The summed E-state index contributed by atoms with van der Waals surface area (Å²) < 4.78 is 29.6. The van der Waals surface area contributed by atoms with Crippen LogP contribution in [0, 0.1) is 0 Å². The number of nitrogens with zero attached hydrogens (tertiary/aromatic N) is 2. The highest BCUT2D eigenvalue weighted by molar-refractivity contribution is 7.86. The van der Waals surface area contributed by atoms with Gasteiger partial charge < -0.3 is 9.13 Å². The van der Waals surface area contributed by atoms with Gasteiger partial charge in [0.05, 0.1) is 0 Å². The first-order valence-corrected chi connectivity index (χ1v) is 14.3. The molecule has 0 aliphatic rings. The molecule has 0 atom stereocenters. The van der Waals surface area contributed by atoms with Gasteiger partial charge in [-0.2, -0.15) is 0 Å². The molecule has 0 radical (unpaired) electrons. The monoisotopic (exact) mass is 480 g/mol. The normalized spacial score (nSPS) is 11.8. The molecule has 0 saturated carbocycles. The van der Waals surface area contributed by atoms with Gasteiger partial charge in [-0.05, 0) is 6.07 Å². The minimum Gasteiger partial charge on any atom is -0.307 e. The molecule has 0 N–H and O–H groups in total. The number of hydrogen-bond acceptors (Lipinski definition) is 4. The van der Waals surface area contributed by atoms with Crippen molar-refractivity contribution in [3.63, 3.8) is 0 Å². The Morgan fingerprint density at radius 2 is 0.676 bits per heavy atom. The van der Waals surface area contributed by atoms with Gasteiger partial charge in [-0.1, -0.05) is 121 Å². The molecule has 0 aliphatic heterocycles. The van der Waals surface area contributed by atoms with Crippen molar-refractivity contribution < 1.29 is 9.13 Å². The van der Waals surface area contributed by atoms with Gasteiger partial charge >= 0.3 is 0 Å². The molecular formula is C28H22N2O2P2. The highest BCUT2D eigenvalue weighted by Crippen LogP contribution is 2.44. The zero-order valence-corrected chi connectivity index (χ0v) is 20.1. The van der Waals surface area contributed by atoms with Crippen LogP contribution in [-0.2, 0) is 9.13 Å². The second kappa shape index (κ2) is 9.35. The zero-order valence-electron chi connectivity index (χ0n) is 18.3. The summed E-state index contributed by atoms with van der Waals surface area (Å²) in [7, 11) is -6.66. The fourth-order valence-electron chi connectivity index (χ4n) is 4.06. The molecule has 1 heterocycles. The molecule has 0 spiro atoms. The molecule has 1 aromatic heterocycles. The van der Waals surface area contributed by atoms with Crippen molar-refractivity contribution in [2.24, 2.45) is 0 Å². The van der Waals surface area contributed by atoms with Gasteiger partial charge in [0.25, 0.3) is 0 Å². The molecule has 4 nitrogen and oxygen atoms in total. The third-order valence-electron chi connectivity index (χ3n) is 5.76. The number of hydrogen-bond donors (Lipinski definition) is 0. The lowest BCUT2D eigenvalue weighted by molar-refractivity contribution is 0.592. The summed E-state index contributed by atoms with van der Waals surface area (Å²) >= 11 is 0. The predicted molar refractivity (Wildman–Crippen MR) is 141 cm³/mol.